The molecule has 2 aliphatic heterocycles. The van der Waals surface area contributed by atoms with E-state index in [4.69, 9.17) is 4.74 Å². The number of hydrogen-bond acceptors (Lipinski definition) is 2. The van der Waals surface area contributed by atoms with Gasteiger partial charge in [0.05, 0.1) is 6.10 Å². The number of hydrogen-bond donors (Lipinski definition) is 0. The summed E-state index contributed by atoms with van der Waals surface area (Å²) in [5, 5.41) is 0. The first-order valence-electron chi connectivity index (χ1n) is 8.51. The van der Waals surface area contributed by atoms with Crippen LogP contribution < -0.4 is 0 Å². The third kappa shape index (κ3) is 2.79. The highest BCUT2D eigenvalue weighted by Gasteiger charge is 2.54. The van der Waals surface area contributed by atoms with Crippen molar-refractivity contribution in [2.24, 2.45) is 11.8 Å². The summed E-state index contributed by atoms with van der Waals surface area (Å²) >= 11 is 0. The lowest BCUT2D eigenvalue weighted by Crippen LogP contribution is -2.57. The molecule has 0 aliphatic carbocycles. The van der Waals surface area contributed by atoms with Crippen molar-refractivity contribution < 1.29 is 9.13 Å². The molecule has 0 saturated carbocycles. The monoisotopic (exact) mass is 297 g/mol. The van der Waals surface area contributed by atoms with Gasteiger partial charge in [-0.1, -0.05) is 27.7 Å². The second-order valence-electron chi connectivity index (χ2n) is 7.63. The van der Waals surface area contributed by atoms with Crippen molar-refractivity contribution in [1.29, 1.82) is 0 Å². The molecule has 2 heterocycles. The summed E-state index contributed by atoms with van der Waals surface area (Å²) in [6.45, 7) is 16.6. The SMILES string of the molecule is CC(C)C1=C(C(C)C)[C@]2(CCN(C(C)C)C[C@@H]2F)OC1C. The molecule has 21 heavy (non-hydrogen) atoms. The number of nitrogens with zero attached hydrogens (tertiary/aromatic N) is 1. The van der Waals surface area contributed by atoms with Crippen molar-refractivity contribution in [3.63, 3.8) is 0 Å². The lowest BCUT2D eigenvalue weighted by Gasteiger charge is -2.45. The van der Waals surface area contributed by atoms with E-state index in [1.54, 1.807) is 0 Å². The average Bonchev–Trinajstić information content (AvgIpc) is 2.66. The summed E-state index contributed by atoms with van der Waals surface area (Å²) in [6.07, 6.45) is -0.101. The maximum absolute atomic E-state index is 15.2. The van der Waals surface area contributed by atoms with E-state index in [0.29, 0.717) is 24.4 Å². The number of rotatable bonds is 3. The van der Waals surface area contributed by atoms with Crippen molar-refractivity contribution in [3.05, 3.63) is 11.1 Å². The lowest BCUT2D eigenvalue weighted by atomic mass is 9.75. The maximum Gasteiger partial charge on any atom is 0.145 e. The van der Waals surface area contributed by atoms with Gasteiger partial charge in [-0.2, -0.15) is 0 Å². The molecule has 0 bridgehead atoms. The van der Waals surface area contributed by atoms with Gasteiger partial charge in [0.1, 0.15) is 11.8 Å². The smallest absolute Gasteiger partial charge is 0.145 e. The summed E-state index contributed by atoms with van der Waals surface area (Å²) in [5.74, 6) is 0.767. The normalized spacial score (nSPS) is 35.0. The van der Waals surface area contributed by atoms with Crippen LogP contribution in [0, 0.1) is 11.8 Å². The maximum atomic E-state index is 15.2. The van der Waals surface area contributed by atoms with E-state index >= 15 is 4.39 Å². The van der Waals surface area contributed by atoms with Gasteiger partial charge in [0.2, 0.25) is 0 Å². The van der Waals surface area contributed by atoms with Gasteiger partial charge in [0, 0.05) is 19.1 Å². The minimum absolute atomic E-state index is 0.0475. The molecule has 1 spiro atoms. The third-order valence-electron chi connectivity index (χ3n) is 5.19. The molecule has 1 unspecified atom stereocenters. The quantitative estimate of drug-likeness (QED) is 0.724. The van der Waals surface area contributed by atoms with E-state index in [-0.39, 0.29) is 6.10 Å². The van der Waals surface area contributed by atoms with E-state index in [2.05, 4.69) is 53.4 Å². The Labute approximate surface area is 129 Å². The largest absolute Gasteiger partial charge is 0.360 e. The second kappa shape index (κ2) is 6.00. The molecular weight excluding hydrogens is 265 g/mol. The van der Waals surface area contributed by atoms with E-state index in [9.17, 15) is 0 Å². The predicted octanol–water partition coefficient (Wildman–Crippen LogP) is 4.20. The van der Waals surface area contributed by atoms with Gasteiger partial charge in [-0.25, -0.2) is 4.39 Å². The molecule has 1 saturated heterocycles. The van der Waals surface area contributed by atoms with Crippen LogP contribution in [0.3, 0.4) is 0 Å². The molecule has 2 rings (SSSR count). The van der Waals surface area contributed by atoms with Crippen LogP contribution in [0.4, 0.5) is 4.39 Å². The Bertz CT molecular complexity index is 415. The number of piperidine rings is 1. The zero-order chi connectivity index (χ0) is 15.9. The fourth-order valence-electron chi connectivity index (χ4n) is 4.32. The van der Waals surface area contributed by atoms with Crippen molar-refractivity contribution in [2.75, 3.05) is 13.1 Å². The van der Waals surface area contributed by atoms with Gasteiger partial charge in [-0.3, -0.25) is 4.90 Å². The Hall–Kier alpha value is -0.410. The summed E-state index contributed by atoms with van der Waals surface area (Å²) in [6, 6.07) is 0.399. The third-order valence-corrected chi connectivity index (χ3v) is 5.19. The van der Waals surface area contributed by atoms with Crippen LogP contribution in [-0.2, 0) is 4.74 Å². The van der Waals surface area contributed by atoms with Crippen LogP contribution in [0.25, 0.3) is 0 Å². The highest BCUT2D eigenvalue weighted by molar-refractivity contribution is 5.37. The van der Waals surface area contributed by atoms with Gasteiger partial charge >= 0.3 is 0 Å². The molecule has 0 radical (unpaired) electrons. The van der Waals surface area contributed by atoms with E-state index < -0.39 is 11.8 Å². The molecule has 2 aliphatic rings. The molecule has 1 fully saturated rings. The fourth-order valence-corrected chi connectivity index (χ4v) is 4.32. The Balaban J connectivity index is 2.39. The topological polar surface area (TPSA) is 12.5 Å². The Kier molecular flexibility index (Phi) is 4.84. The van der Waals surface area contributed by atoms with Crippen molar-refractivity contribution in [1.82, 2.24) is 4.90 Å². The average molecular weight is 297 g/mol. The number of likely N-dealkylation sites (tertiary alicyclic amines) is 1. The van der Waals surface area contributed by atoms with E-state index in [1.165, 1.54) is 11.1 Å². The predicted molar refractivity (Wildman–Crippen MR) is 86.2 cm³/mol. The van der Waals surface area contributed by atoms with Crippen LogP contribution in [-0.4, -0.2) is 41.9 Å². The standard InChI is InChI=1S/C18H32FNO/c1-11(2)16-14(7)21-18(17(16)12(3)4)8-9-20(13(5)6)10-15(18)19/h11-15H,8-10H2,1-7H3/t14?,15-,18+/m0/s1. The van der Waals surface area contributed by atoms with Gasteiger partial charge in [-0.15, -0.1) is 0 Å². The molecular formula is C18H32FNO. The van der Waals surface area contributed by atoms with Crippen LogP contribution in [0.15, 0.2) is 11.1 Å². The summed E-state index contributed by atoms with van der Waals surface area (Å²) in [4.78, 5) is 2.23. The van der Waals surface area contributed by atoms with Crippen LogP contribution >= 0.6 is 0 Å². The molecule has 0 N–H and O–H groups in total. The van der Waals surface area contributed by atoms with Crippen molar-refractivity contribution in [3.8, 4) is 0 Å². The first-order valence-corrected chi connectivity index (χ1v) is 8.51. The van der Waals surface area contributed by atoms with Crippen LogP contribution in [0.5, 0.6) is 0 Å². The Morgan fingerprint density at radius 2 is 1.76 bits per heavy atom. The van der Waals surface area contributed by atoms with Gasteiger partial charge in [0.25, 0.3) is 0 Å². The molecule has 122 valence electrons. The highest BCUT2D eigenvalue weighted by Crippen LogP contribution is 2.49. The molecule has 0 aromatic carbocycles. The zero-order valence-corrected chi connectivity index (χ0v) is 14.7. The highest BCUT2D eigenvalue weighted by atomic mass is 19.1. The zero-order valence-electron chi connectivity index (χ0n) is 14.7. The second-order valence-corrected chi connectivity index (χ2v) is 7.63. The first-order chi connectivity index (χ1) is 9.70. The number of halogens is 1. The molecule has 2 nitrogen and oxygen atoms in total. The van der Waals surface area contributed by atoms with Crippen molar-refractivity contribution >= 4 is 0 Å². The van der Waals surface area contributed by atoms with Crippen molar-refractivity contribution in [2.45, 2.75) is 78.8 Å². The fraction of sp³-hybridized carbons (Fsp3) is 0.889. The molecule has 0 aromatic rings. The van der Waals surface area contributed by atoms with Gasteiger partial charge in [0.15, 0.2) is 0 Å². The minimum atomic E-state index is -0.926. The van der Waals surface area contributed by atoms with Gasteiger partial charge < -0.3 is 4.74 Å². The number of ether oxygens (including phenoxy) is 1. The van der Waals surface area contributed by atoms with Gasteiger partial charge in [-0.05, 0) is 50.2 Å². The van der Waals surface area contributed by atoms with Crippen LogP contribution in [0.2, 0.25) is 0 Å². The van der Waals surface area contributed by atoms with Crippen LogP contribution in [0.1, 0.15) is 54.9 Å². The minimum Gasteiger partial charge on any atom is -0.360 e. The Morgan fingerprint density at radius 3 is 2.19 bits per heavy atom. The number of alkyl halides is 1. The Morgan fingerprint density at radius 1 is 1.14 bits per heavy atom. The van der Waals surface area contributed by atoms with E-state index in [0.717, 1.165) is 13.0 Å². The molecule has 3 heteroatoms. The summed E-state index contributed by atoms with van der Waals surface area (Å²) < 4.78 is 21.5. The first kappa shape index (κ1) is 17.0. The molecule has 0 amide bonds. The summed E-state index contributed by atoms with van der Waals surface area (Å²) in [5.41, 5.74) is 1.92. The summed E-state index contributed by atoms with van der Waals surface area (Å²) in [7, 11) is 0. The van der Waals surface area contributed by atoms with E-state index in [1.807, 2.05) is 0 Å². The molecule has 0 aromatic heterocycles. The molecule has 3 atom stereocenters. The lowest BCUT2D eigenvalue weighted by molar-refractivity contribution is -0.116.